The summed E-state index contributed by atoms with van der Waals surface area (Å²) in [6, 6.07) is 6.54. The molecule has 4 nitrogen and oxygen atoms in total. The second-order valence-corrected chi connectivity index (χ2v) is 4.21. The van der Waals surface area contributed by atoms with Gasteiger partial charge < -0.3 is 5.32 Å². The molecule has 1 unspecified atom stereocenters. The third-order valence-corrected chi connectivity index (χ3v) is 2.75. The maximum Gasteiger partial charge on any atom is 0.126 e. The Labute approximate surface area is 103 Å². The number of aromatic nitrogens is 1. The van der Waals surface area contributed by atoms with Gasteiger partial charge in [0, 0.05) is 25.3 Å². The third-order valence-electron chi connectivity index (χ3n) is 2.75. The van der Waals surface area contributed by atoms with Gasteiger partial charge in [-0.15, -0.1) is 0 Å². The molecule has 1 heterocycles. The number of anilines is 1. The second kappa shape index (κ2) is 6.87. The van der Waals surface area contributed by atoms with Gasteiger partial charge in [0.25, 0.3) is 0 Å². The zero-order valence-corrected chi connectivity index (χ0v) is 10.8. The lowest BCUT2D eigenvalue weighted by atomic mass is 10.2. The lowest BCUT2D eigenvalue weighted by molar-refractivity contribution is 0.252. The van der Waals surface area contributed by atoms with Crippen LogP contribution in [0.3, 0.4) is 0 Å². The van der Waals surface area contributed by atoms with E-state index in [1.807, 2.05) is 19.3 Å². The lowest BCUT2D eigenvalue weighted by Gasteiger charge is -2.22. The first-order valence-electron chi connectivity index (χ1n) is 5.93. The van der Waals surface area contributed by atoms with Crippen LogP contribution >= 0.6 is 0 Å². The van der Waals surface area contributed by atoms with Gasteiger partial charge in [0.1, 0.15) is 5.82 Å². The predicted octanol–water partition coefficient (Wildman–Crippen LogP) is 2.25. The van der Waals surface area contributed by atoms with Crippen molar-refractivity contribution in [3.8, 4) is 6.07 Å². The monoisotopic (exact) mass is 232 g/mol. The van der Waals surface area contributed by atoms with Crippen LogP contribution in [0.1, 0.15) is 25.8 Å². The number of pyridine rings is 1. The van der Waals surface area contributed by atoms with Crippen molar-refractivity contribution in [1.82, 2.24) is 9.88 Å². The van der Waals surface area contributed by atoms with Crippen molar-refractivity contribution >= 4 is 5.82 Å². The fourth-order valence-corrected chi connectivity index (χ4v) is 1.58. The van der Waals surface area contributed by atoms with E-state index < -0.39 is 0 Å². The topological polar surface area (TPSA) is 52.0 Å². The van der Waals surface area contributed by atoms with Crippen molar-refractivity contribution < 1.29 is 0 Å². The standard InChI is InChI=1S/C13H20N4/c1-4-15-13-9-12(6-8-16-13)10-17(3)11(2)5-7-14/h6,8-9,11H,4-5,10H2,1-3H3,(H,15,16). The van der Waals surface area contributed by atoms with Crippen LogP contribution in [0.2, 0.25) is 0 Å². The molecule has 1 aromatic heterocycles. The summed E-state index contributed by atoms with van der Waals surface area (Å²) in [5, 5.41) is 11.9. The Morgan fingerprint density at radius 1 is 1.59 bits per heavy atom. The highest BCUT2D eigenvalue weighted by atomic mass is 15.1. The Morgan fingerprint density at radius 3 is 3.00 bits per heavy atom. The summed E-state index contributed by atoms with van der Waals surface area (Å²) in [6.07, 6.45) is 2.37. The van der Waals surface area contributed by atoms with E-state index >= 15 is 0 Å². The zero-order chi connectivity index (χ0) is 12.7. The Balaban J connectivity index is 2.61. The van der Waals surface area contributed by atoms with Crippen LogP contribution in [0.5, 0.6) is 0 Å². The minimum atomic E-state index is 0.274. The van der Waals surface area contributed by atoms with Gasteiger partial charge in [-0.1, -0.05) is 0 Å². The van der Waals surface area contributed by atoms with E-state index in [2.05, 4.69) is 41.2 Å². The molecular formula is C13H20N4. The van der Waals surface area contributed by atoms with E-state index in [4.69, 9.17) is 5.26 Å². The fourth-order valence-electron chi connectivity index (χ4n) is 1.58. The molecule has 17 heavy (non-hydrogen) atoms. The van der Waals surface area contributed by atoms with Gasteiger partial charge in [0.2, 0.25) is 0 Å². The van der Waals surface area contributed by atoms with Crippen LogP contribution in [0.4, 0.5) is 5.82 Å². The van der Waals surface area contributed by atoms with E-state index in [0.29, 0.717) is 6.42 Å². The molecular weight excluding hydrogens is 212 g/mol. The smallest absolute Gasteiger partial charge is 0.126 e. The molecule has 4 heteroatoms. The molecule has 0 aliphatic heterocycles. The highest BCUT2D eigenvalue weighted by Gasteiger charge is 2.09. The van der Waals surface area contributed by atoms with Crippen molar-refractivity contribution in [2.75, 3.05) is 18.9 Å². The minimum absolute atomic E-state index is 0.274. The van der Waals surface area contributed by atoms with Crippen molar-refractivity contribution in [2.24, 2.45) is 0 Å². The van der Waals surface area contributed by atoms with E-state index in [0.717, 1.165) is 18.9 Å². The highest BCUT2D eigenvalue weighted by molar-refractivity contribution is 5.37. The summed E-state index contributed by atoms with van der Waals surface area (Å²) in [5.41, 5.74) is 1.21. The molecule has 0 amide bonds. The SMILES string of the molecule is CCNc1cc(CN(C)C(C)CC#N)ccn1. The van der Waals surface area contributed by atoms with Crippen LogP contribution in [-0.4, -0.2) is 29.5 Å². The van der Waals surface area contributed by atoms with Crippen molar-refractivity contribution in [1.29, 1.82) is 5.26 Å². The predicted molar refractivity (Wildman–Crippen MR) is 69.6 cm³/mol. The van der Waals surface area contributed by atoms with Gasteiger partial charge in [0.05, 0.1) is 12.5 Å². The Bertz CT molecular complexity index is 383. The van der Waals surface area contributed by atoms with E-state index in [-0.39, 0.29) is 6.04 Å². The van der Waals surface area contributed by atoms with Crippen LogP contribution in [0, 0.1) is 11.3 Å². The third kappa shape index (κ3) is 4.41. The van der Waals surface area contributed by atoms with Gasteiger partial charge >= 0.3 is 0 Å². The van der Waals surface area contributed by atoms with Gasteiger partial charge in [-0.3, -0.25) is 4.90 Å². The minimum Gasteiger partial charge on any atom is -0.370 e. The number of rotatable bonds is 6. The summed E-state index contributed by atoms with van der Waals surface area (Å²) in [6.45, 7) is 5.83. The molecule has 0 aromatic carbocycles. The van der Waals surface area contributed by atoms with Crippen molar-refractivity contribution in [2.45, 2.75) is 32.9 Å². The average molecular weight is 232 g/mol. The van der Waals surface area contributed by atoms with Crippen LogP contribution in [-0.2, 0) is 6.54 Å². The Hall–Kier alpha value is -1.60. The summed E-state index contributed by atoms with van der Waals surface area (Å²) >= 11 is 0. The molecule has 0 saturated heterocycles. The number of nitriles is 1. The average Bonchev–Trinajstić information content (AvgIpc) is 2.30. The Morgan fingerprint density at radius 2 is 2.35 bits per heavy atom. The zero-order valence-electron chi connectivity index (χ0n) is 10.8. The summed E-state index contributed by atoms with van der Waals surface area (Å²) in [4.78, 5) is 6.41. The molecule has 92 valence electrons. The summed E-state index contributed by atoms with van der Waals surface area (Å²) in [7, 11) is 2.04. The number of nitrogens with zero attached hydrogens (tertiary/aromatic N) is 3. The first-order valence-corrected chi connectivity index (χ1v) is 5.93. The molecule has 0 fully saturated rings. The molecule has 0 spiro atoms. The van der Waals surface area contributed by atoms with E-state index in [1.54, 1.807) is 0 Å². The van der Waals surface area contributed by atoms with Gasteiger partial charge in [-0.05, 0) is 38.6 Å². The van der Waals surface area contributed by atoms with Crippen molar-refractivity contribution in [3.05, 3.63) is 23.9 Å². The van der Waals surface area contributed by atoms with Gasteiger partial charge in [-0.2, -0.15) is 5.26 Å². The number of hydrogen-bond donors (Lipinski definition) is 1. The largest absolute Gasteiger partial charge is 0.370 e. The molecule has 1 N–H and O–H groups in total. The van der Waals surface area contributed by atoms with Crippen molar-refractivity contribution in [3.63, 3.8) is 0 Å². The Kier molecular flexibility index (Phi) is 5.44. The molecule has 1 atom stereocenters. The van der Waals surface area contributed by atoms with Crippen LogP contribution in [0.25, 0.3) is 0 Å². The summed E-state index contributed by atoms with van der Waals surface area (Å²) in [5.74, 6) is 0.909. The quantitative estimate of drug-likeness (QED) is 0.817. The van der Waals surface area contributed by atoms with E-state index in [1.165, 1.54) is 5.56 Å². The fraction of sp³-hybridized carbons (Fsp3) is 0.538. The molecule has 0 saturated carbocycles. The normalized spacial score (nSPS) is 12.2. The summed E-state index contributed by atoms with van der Waals surface area (Å²) < 4.78 is 0. The van der Waals surface area contributed by atoms with Crippen LogP contribution in [0.15, 0.2) is 18.3 Å². The van der Waals surface area contributed by atoms with Gasteiger partial charge in [0.15, 0.2) is 0 Å². The molecule has 1 rings (SSSR count). The second-order valence-electron chi connectivity index (χ2n) is 4.21. The molecule has 0 aliphatic carbocycles. The molecule has 1 aromatic rings. The number of hydrogen-bond acceptors (Lipinski definition) is 4. The van der Waals surface area contributed by atoms with Crippen LogP contribution < -0.4 is 5.32 Å². The maximum atomic E-state index is 8.67. The number of nitrogens with one attached hydrogen (secondary N) is 1. The highest BCUT2D eigenvalue weighted by Crippen LogP contribution is 2.11. The first kappa shape index (κ1) is 13.5. The molecule has 0 bridgehead atoms. The first-order chi connectivity index (χ1) is 8.17. The van der Waals surface area contributed by atoms with Gasteiger partial charge in [-0.25, -0.2) is 4.98 Å². The lowest BCUT2D eigenvalue weighted by Crippen LogP contribution is -2.28. The maximum absolute atomic E-state index is 8.67. The molecule has 0 aliphatic rings. The van der Waals surface area contributed by atoms with E-state index in [9.17, 15) is 0 Å². The molecule has 0 radical (unpaired) electrons.